The third-order valence-electron chi connectivity index (χ3n) is 4.63. The summed E-state index contributed by atoms with van der Waals surface area (Å²) in [6.07, 6.45) is 4.49. The van der Waals surface area contributed by atoms with Crippen LogP contribution in [0.4, 0.5) is 0 Å². The van der Waals surface area contributed by atoms with Gasteiger partial charge in [-0.2, -0.15) is 0 Å². The van der Waals surface area contributed by atoms with Gasteiger partial charge in [0.15, 0.2) is 4.96 Å². The summed E-state index contributed by atoms with van der Waals surface area (Å²) in [5.74, 6) is 1.01. The number of aromatic nitrogens is 2. The quantitative estimate of drug-likeness (QED) is 0.681. The summed E-state index contributed by atoms with van der Waals surface area (Å²) in [4.78, 5) is 33.8. The van der Waals surface area contributed by atoms with Gasteiger partial charge in [0.1, 0.15) is 5.76 Å². The SMILES string of the molecule is O=C(CCc1ccco1)N1CCN(Cc2cc(=O)n3ccsc3n2)CC1. The Labute approximate surface area is 154 Å². The second-order valence-corrected chi connectivity index (χ2v) is 7.25. The third-order valence-corrected chi connectivity index (χ3v) is 5.39. The molecule has 26 heavy (non-hydrogen) atoms. The molecule has 1 aliphatic heterocycles. The number of amides is 1. The monoisotopic (exact) mass is 372 g/mol. The fourth-order valence-corrected chi connectivity index (χ4v) is 3.94. The van der Waals surface area contributed by atoms with Crippen molar-refractivity contribution < 1.29 is 9.21 Å². The van der Waals surface area contributed by atoms with Gasteiger partial charge in [-0.25, -0.2) is 4.98 Å². The molecule has 3 aromatic heterocycles. The molecule has 8 heteroatoms. The molecule has 4 rings (SSSR count). The molecule has 0 saturated carbocycles. The minimum atomic E-state index is -0.0435. The van der Waals surface area contributed by atoms with Gasteiger partial charge in [0.05, 0.1) is 12.0 Å². The van der Waals surface area contributed by atoms with Gasteiger partial charge in [-0.1, -0.05) is 0 Å². The van der Waals surface area contributed by atoms with E-state index in [2.05, 4.69) is 9.88 Å². The Balaban J connectivity index is 1.30. The number of fused-ring (bicyclic) bond motifs is 1. The van der Waals surface area contributed by atoms with E-state index in [4.69, 9.17) is 4.42 Å². The summed E-state index contributed by atoms with van der Waals surface area (Å²) in [6, 6.07) is 5.33. The Kier molecular flexibility index (Phi) is 4.85. The van der Waals surface area contributed by atoms with Crippen molar-refractivity contribution in [2.45, 2.75) is 19.4 Å². The van der Waals surface area contributed by atoms with Crippen LogP contribution in [0.1, 0.15) is 17.9 Å². The van der Waals surface area contributed by atoms with Gasteiger partial charge in [0.25, 0.3) is 5.56 Å². The number of furan rings is 1. The maximum atomic E-state index is 12.3. The van der Waals surface area contributed by atoms with Gasteiger partial charge >= 0.3 is 0 Å². The molecule has 3 aromatic rings. The number of piperazine rings is 1. The molecule has 0 N–H and O–H groups in total. The summed E-state index contributed by atoms with van der Waals surface area (Å²) in [5, 5.41) is 1.86. The third kappa shape index (κ3) is 3.71. The Bertz CT molecular complexity index is 939. The number of rotatable bonds is 5. The lowest BCUT2D eigenvalue weighted by Crippen LogP contribution is -2.48. The van der Waals surface area contributed by atoms with Gasteiger partial charge in [-0.15, -0.1) is 11.3 Å². The molecule has 0 aromatic carbocycles. The number of thiazole rings is 1. The van der Waals surface area contributed by atoms with Crippen molar-refractivity contribution in [3.8, 4) is 0 Å². The predicted octanol–water partition coefficient (Wildman–Crippen LogP) is 1.63. The molecule has 0 aliphatic carbocycles. The zero-order valence-electron chi connectivity index (χ0n) is 14.3. The van der Waals surface area contributed by atoms with E-state index in [1.807, 2.05) is 22.4 Å². The number of carbonyl (C=O) groups excluding carboxylic acids is 1. The molecule has 136 valence electrons. The molecule has 4 heterocycles. The largest absolute Gasteiger partial charge is 0.469 e. The normalized spacial score (nSPS) is 15.6. The smallest absolute Gasteiger partial charge is 0.258 e. The van der Waals surface area contributed by atoms with Gasteiger partial charge < -0.3 is 9.32 Å². The summed E-state index contributed by atoms with van der Waals surface area (Å²) in [6.45, 7) is 3.63. The van der Waals surface area contributed by atoms with Crippen LogP contribution >= 0.6 is 11.3 Å². The highest BCUT2D eigenvalue weighted by molar-refractivity contribution is 7.15. The van der Waals surface area contributed by atoms with Crippen molar-refractivity contribution in [1.82, 2.24) is 19.2 Å². The van der Waals surface area contributed by atoms with E-state index in [1.54, 1.807) is 22.9 Å². The fraction of sp³-hybridized carbons (Fsp3) is 0.389. The summed E-state index contributed by atoms with van der Waals surface area (Å²) in [7, 11) is 0. The minimum absolute atomic E-state index is 0.0435. The van der Waals surface area contributed by atoms with Crippen LogP contribution in [0.5, 0.6) is 0 Å². The highest BCUT2D eigenvalue weighted by atomic mass is 32.1. The van der Waals surface area contributed by atoms with Crippen LogP contribution in [-0.4, -0.2) is 51.3 Å². The first-order valence-corrected chi connectivity index (χ1v) is 9.55. The molecule has 0 radical (unpaired) electrons. The molecule has 0 spiro atoms. The van der Waals surface area contributed by atoms with Crippen LogP contribution in [0, 0.1) is 0 Å². The first-order valence-electron chi connectivity index (χ1n) is 8.67. The summed E-state index contributed by atoms with van der Waals surface area (Å²) < 4.78 is 6.84. The average Bonchev–Trinajstić information content (AvgIpc) is 3.32. The molecular weight excluding hydrogens is 352 g/mol. The van der Waals surface area contributed by atoms with Gasteiger partial charge in [0, 0.05) is 63.2 Å². The topological polar surface area (TPSA) is 71.1 Å². The molecule has 7 nitrogen and oxygen atoms in total. The predicted molar refractivity (Wildman–Crippen MR) is 98.2 cm³/mol. The Morgan fingerprint density at radius 1 is 1.27 bits per heavy atom. The van der Waals surface area contributed by atoms with Crippen molar-refractivity contribution in [3.63, 3.8) is 0 Å². The molecule has 1 amide bonds. The van der Waals surface area contributed by atoms with Gasteiger partial charge in [-0.05, 0) is 12.1 Å². The average molecular weight is 372 g/mol. The number of carbonyl (C=O) groups is 1. The summed E-state index contributed by atoms with van der Waals surface area (Å²) >= 11 is 1.46. The zero-order chi connectivity index (χ0) is 17.9. The van der Waals surface area contributed by atoms with Gasteiger partial charge in [0.2, 0.25) is 5.91 Å². The van der Waals surface area contributed by atoms with Crippen LogP contribution in [0.15, 0.2) is 45.3 Å². The second kappa shape index (κ2) is 7.43. The van der Waals surface area contributed by atoms with Crippen LogP contribution in [0.3, 0.4) is 0 Å². The first-order chi connectivity index (χ1) is 12.7. The lowest BCUT2D eigenvalue weighted by molar-refractivity contribution is -0.133. The molecular formula is C18H20N4O3S. The highest BCUT2D eigenvalue weighted by Gasteiger charge is 2.21. The van der Waals surface area contributed by atoms with Crippen molar-refractivity contribution in [2.24, 2.45) is 0 Å². The van der Waals surface area contributed by atoms with Crippen molar-refractivity contribution >= 4 is 22.2 Å². The van der Waals surface area contributed by atoms with E-state index >= 15 is 0 Å². The molecule has 1 saturated heterocycles. The Hall–Kier alpha value is -2.45. The minimum Gasteiger partial charge on any atom is -0.469 e. The number of aryl methyl sites for hydroxylation is 1. The van der Waals surface area contributed by atoms with E-state index in [-0.39, 0.29) is 11.5 Å². The van der Waals surface area contributed by atoms with Crippen LogP contribution in [0.25, 0.3) is 4.96 Å². The fourth-order valence-electron chi connectivity index (χ4n) is 3.20. The molecule has 0 unspecified atom stereocenters. The van der Waals surface area contributed by atoms with E-state index < -0.39 is 0 Å². The van der Waals surface area contributed by atoms with Crippen molar-refractivity contribution in [1.29, 1.82) is 0 Å². The lowest BCUT2D eigenvalue weighted by atomic mass is 10.2. The van der Waals surface area contributed by atoms with E-state index in [1.165, 1.54) is 11.3 Å². The number of hydrogen-bond acceptors (Lipinski definition) is 6. The maximum absolute atomic E-state index is 12.3. The second-order valence-electron chi connectivity index (χ2n) is 6.38. The van der Waals surface area contributed by atoms with Crippen molar-refractivity contribution in [2.75, 3.05) is 26.2 Å². The maximum Gasteiger partial charge on any atom is 0.258 e. The van der Waals surface area contributed by atoms with Crippen LogP contribution in [-0.2, 0) is 17.8 Å². The molecule has 1 aliphatic rings. The Morgan fingerprint density at radius 3 is 2.88 bits per heavy atom. The van der Waals surface area contributed by atoms with Crippen LogP contribution < -0.4 is 5.56 Å². The number of nitrogens with zero attached hydrogens (tertiary/aromatic N) is 4. The van der Waals surface area contributed by atoms with E-state index in [0.29, 0.717) is 32.5 Å². The molecule has 0 bridgehead atoms. The van der Waals surface area contributed by atoms with E-state index in [9.17, 15) is 9.59 Å². The summed E-state index contributed by atoms with van der Waals surface area (Å²) in [5.41, 5.74) is 0.744. The van der Waals surface area contributed by atoms with Gasteiger partial charge in [-0.3, -0.25) is 18.9 Å². The van der Waals surface area contributed by atoms with Crippen molar-refractivity contribution in [3.05, 3.63) is 57.8 Å². The number of hydrogen-bond donors (Lipinski definition) is 0. The zero-order valence-corrected chi connectivity index (χ0v) is 15.2. The van der Waals surface area contributed by atoms with Crippen LogP contribution in [0.2, 0.25) is 0 Å². The first kappa shape index (κ1) is 17.0. The Morgan fingerprint density at radius 2 is 2.12 bits per heavy atom. The highest BCUT2D eigenvalue weighted by Crippen LogP contribution is 2.12. The lowest BCUT2D eigenvalue weighted by Gasteiger charge is -2.34. The molecule has 0 atom stereocenters. The standard InChI is InChI=1S/C18H20N4O3S/c23-16(4-3-15-2-1-10-25-15)21-7-5-20(6-8-21)13-14-12-17(24)22-9-11-26-18(22)19-14/h1-2,9-12H,3-8,13H2. The molecule has 1 fully saturated rings. The van der Waals surface area contributed by atoms with E-state index in [0.717, 1.165) is 29.5 Å².